The third-order valence-electron chi connectivity index (χ3n) is 17.5. The third-order valence-corrected chi connectivity index (χ3v) is 19.4. The molecule has 0 aliphatic carbocycles. The number of phosphoric acid groups is 2. The molecule has 19 heteroatoms. The van der Waals surface area contributed by atoms with Crippen molar-refractivity contribution in [1.82, 2.24) is 0 Å². The fraction of sp³-hybridized carbons (Fsp3) is 0.947. The van der Waals surface area contributed by atoms with Crippen LogP contribution in [0.4, 0.5) is 0 Å². The molecule has 0 aromatic rings. The summed E-state index contributed by atoms with van der Waals surface area (Å²) in [5, 5.41) is 10.6. The zero-order valence-electron chi connectivity index (χ0n) is 61.1. The van der Waals surface area contributed by atoms with Gasteiger partial charge in [0.2, 0.25) is 0 Å². The van der Waals surface area contributed by atoms with Gasteiger partial charge in [0.1, 0.15) is 19.3 Å². The summed E-state index contributed by atoms with van der Waals surface area (Å²) in [4.78, 5) is 72.5. The number of ether oxygens (including phenoxy) is 4. The van der Waals surface area contributed by atoms with Gasteiger partial charge in [-0.1, -0.05) is 343 Å². The second-order valence-electron chi connectivity index (χ2n) is 27.5. The van der Waals surface area contributed by atoms with Gasteiger partial charge in [-0.15, -0.1) is 0 Å². The molecule has 0 radical (unpaired) electrons. The van der Waals surface area contributed by atoms with Crippen molar-refractivity contribution in [2.75, 3.05) is 39.6 Å². The number of esters is 4. The van der Waals surface area contributed by atoms with Crippen LogP contribution in [0, 0.1) is 5.92 Å². The summed E-state index contributed by atoms with van der Waals surface area (Å²) in [5.41, 5.74) is 0. The molecule has 2 unspecified atom stereocenters. The summed E-state index contributed by atoms with van der Waals surface area (Å²) < 4.78 is 68.3. The summed E-state index contributed by atoms with van der Waals surface area (Å²) in [7, 11) is -9.90. The molecule has 94 heavy (non-hydrogen) atoms. The number of hydrogen-bond donors (Lipinski definition) is 3. The quantitative estimate of drug-likeness (QED) is 0.0222. The van der Waals surface area contributed by atoms with Gasteiger partial charge in [-0.3, -0.25) is 37.3 Å². The normalized spacial score (nSPS) is 14.0. The van der Waals surface area contributed by atoms with Crippen LogP contribution in [0.15, 0.2) is 0 Å². The average molecular weight is 1380 g/mol. The summed E-state index contributed by atoms with van der Waals surface area (Å²) >= 11 is 0. The Hall–Kier alpha value is -1.94. The van der Waals surface area contributed by atoms with E-state index in [9.17, 15) is 43.2 Å². The van der Waals surface area contributed by atoms with E-state index in [1.807, 2.05) is 0 Å². The first-order valence-corrected chi connectivity index (χ1v) is 42.1. The fourth-order valence-electron chi connectivity index (χ4n) is 11.5. The van der Waals surface area contributed by atoms with Crippen LogP contribution >= 0.6 is 15.6 Å². The predicted molar refractivity (Wildman–Crippen MR) is 382 cm³/mol. The lowest BCUT2D eigenvalue weighted by Crippen LogP contribution is -2.30. The molecule has 5 atom stereocenters. The highest BCUT2D eigenvalue weighted by atomic mass is 31.2. The topological polar surface area (TPSA) is 237 Å². The number of aliphatic hydroxyl groups excluding tert-OH is 1. The predicted octanol–water partition coefficient (Wildman–Crippen LogP) is 22.1. The first-order valence-electron chi connectivity index (χ1n) is 39.1. The first-order chi connectivity index (χ1) is 45.5. The van der Waals surface area contributed by atoms with Gasteiger partial charge in [0, 0.05) is 25.7 Å². The summed E-state index contributed by atoms with van der Waals surface area (Å²) in [6, 6.07) is 0. The van der Waals surface area contributed by atoms with Gasteiger partial charge in [0.05, 0.1) is 26.4 Å². The molecule has 0 saturated carbocycles. The Bertz CT molecular complexity index is 1810. The van der Waals surface area contributed by atoms with E-state index >= 15 is 0 Å². The van der Waals surface area contributed by atoms with E-state index in [1.165, 1.54) is 205 Å². The molecule has 0 fully saturated rings. The molecule has 0 bridgehead atoms. The first kappa shape index (κ1) is 92.1. The van der Waals surface area contributed by atoms with Crippen LogP contribution in [0.25, 0.3) is 0 Å². The molecule has 0 saturated heterocycles. The molecule has 17 nitrogen and oxygen atoms in total. The van der Waals surface area contributed by atoms with Crippen LogP contribution in [0.5, 0.6) is 0 Å². The van der Waals surface area contributed by atoms with Crippen molar-refractivity contribution in [3.05, 3.63) is 0 Å². The lowest BCUT2D eigenvalue weighted by atomic mass is 10.0. The molecule has 558 valence electrons. The van der Waals surface area contributed by atoms with Crippen LogP contribution in [0.1, 0.15) is 394 Å². The second-order valence-corrected chi connectivity index (χ2v) is 30.4. The van der Waals surface area contributed by atoms with Crippen LogP contribution in [0.2, 0.25) is 0 Å². The van der Waals surface area contributed by atoms with E-state index in [2.05, 4.69) is 34.6 Å². The van der Waals surface area contributed by atoms with Crippen molar-refractivity contribution in [2.45, 2.75) is 412 Å². The van der Waals surface area contributed by atoms with E-state index in [-0.39, 0.29) is 25.7 Å². The van der Waals surface area contributed by atoms with Crippen molar-refractivity contribution < 1.29 is 80.2 Å². The molecule has 0 amide bonds. The number of carbonyl (C=O) groups is 4. The fourth-order valence-corrected chi connectivity index (χ4v) is 13.1. The van der Waals surface area contributed by atoms with Gasteiger partial charge in [-0.25, -0.2) is 9.13 Å². The van der Waals surface area contributed by atoms with Crippen LogP contribution in [-0.2, 0) is 65.4 Å². The van der Waals surface area contributed by atoms with Crippen molar-refractivity contribution >= 4 is 39.5 Å². The largest absolute Gasteiger partial charge is 0.472 e. The molecule has 0 aromatic carbocycles. The smallest absolute Gasteiger partial charge is 0.462 e. The van der Waals surface area contributed by atoms with Gasteiger partial charge in [0.15, 0.2) is 12.2 Å². The molecule has 0 aromatic heterocycles. The highest BCUT2D eigenvalue weighted by Crippen LogP contribution is 2.45. The Morgan fingerprint density at radius 1 is 0.287 bits per heavy atom. The lowest BCUT2D eigenvalue weighted by molar-refractivity contribution is -0.161. The molecule has 0 rings (SSSR count). The summed E-state index contributed by atoms with van der Waals surface area (Å²) in [5.74, 6) is -1.46. The van der Waals surface area contributed by atoms with Gasteiger partial charge in [0.25, 0.3) is 0 Å². The van der Waals surface area contributed by atoms with Crippen molar-refractivity contribution in [2.24, 2.45) is 5.92 Å². The van der Waals surface area contributed by atoms with E-state index in [0.29, 0.717) is 31.6 Å². The molecule has 3 N–H and O–H groups in total. The van der Waals surface area contributed by atoms with E-state index < -0.39 is 97.5 Å². The Morgan fingerprint density at radius 2 is 0.489 bits per heavy atom. The van der Waals surface area contributed by atoms with Gasteiger partial charge in [-0.05, 0) is 31.6 Å². The van der Waals surface area contributed by atoms with Crippen LogP contribution in [0.3, 0.4) is 0 Å². The minimum Gasteiger partial charge on any atom is -0.462 e. The Kier molecular flexibility index (Phi) is 66.8. The van der Waals surface area contributed by atoms with Gasteiger partial charge >= 0.3 is 39.5 Å². The Morgan fingerprint density at radius 3 is 0.723 bits per heavy atom. The van der Waals surface area contributed by atoms with Gasteiger partial charge in [-0.2, -0.15) is 0 Å². The van der Waals surface area contributed by atoms with E-state index in [1.54, 1.807) is 0 Å². The zero-order chi connectivity index (χ0) is 69.1. The zero-order valence-corrected chi connectivity index (χ0v) is 62.9. The monoisotopic (exact) mass is 1380 g/mol. The molecule has 0 aliphatic rings. The minimum absolute atomic E-state index is 0.102. The van der Waals surface area contributed by atoms with Crippen LogP contribution in [-0.4, -0.2) is 96.7 Å². The molecular weight excluding hydrogens is 1230 g/mol. The standard InChI is InChI=1S/C75H146O17P2/c1-6-9-12-15-18-20-22-24-26-28-30-31-33-35-37-39-41-44-50-55-60-74(79)91-70(65-86-73(78)59-54-49-43-40-38-36-34-32-29-27-25-23-21-19-16-13-10-7-2)66-89-93(81,82)87-62-69(76)63-88-94(83,84)90-67-71(64-85-72(77)58-53-48-42-17-14-11-8-3)92-75(80)61-56-51-46-45-47-52-57-68(4)5/h68-71,76H,6-67H2,1-5H3,(H,81,82)(H,83,84)/t69-,70-,71-/m1/s1. The van der Waals surface area contributed by atoms with Gasteiger partial charge < -0.3 is 33.8 Å². The number of unbranched alkanes of at least 4 members (excludes halogenated alkanes) is 47. The molecule has 0 spiro atoms. The number of carbonyl (C=O) groups excluding carboxylic acids is 4. The third kappa shape index (κ3) is 68.6. The van der Waals surface area contributed by atoms with Crippen molar-refractivity contribution in [3.63, 3.8) is 0 Å². The Labute approximate surface area is 575 Å². The lowest BCUT2D eigenvalue weighted by Gasteiger charge is -2.21. The number of rotatable bonds is 75. The van der Waals surface area contributed by atoms with Crippen LogP contribution < -0.4 is 0 Å². The SMILES string of the molecule is CCCCCCCCCCCCCCCCCCCCCCC(=O)O[C@H](COC(=O)CCCCCCCCCCCCCCCCCCCC)COP(=O)(O)OC[C@@H](O)COP(=O)(O)OC[C@@H](COC(=O)CCCCCCCCC)OC(=O)CCCCCCCCC(C)C. The average Bonchev–Trinajstić information content (AvgIpc) is 1.40. The van der Waals surface area contributed by atoms with Crippen molar-refractivity contribution in [1.29, 1.82) is 0 Å². The van der Waals surface area contributed by atoms with E-state index in [0.717, 1.165) is 103 Å². The number of phosphoric ester groups is 2. The molecule has 0 aliphatic heterocycles. The molecule has 0 heterocycles. The maximum absolute atomic E-state index is 13.1. The highest BCUT2D eigenvalue weighted by Gasteiger charge is 2.30. The summed E-state index contributed by atoms with van der Waals surface area (Å²) in [6.45, 7) is 7.14. The maximum Gasteiger partial charge on any atom is 0.472 e. The number of hydrogen-bond acceptors (Lipinski definition) is 15. The van der Waals surface area contributed by atoms with Crippen molar-refractivity contribution in [3.8, 4) is 0 Å². The number of aliphatic hydroxyl groups is 1. The minimum atomic E-state index is -4.95. The summed E-state index contributed by atoms with van der Waals surface area (Å²) in [6.07, 6.45) is 57.4. The second kappa shape index (κ2) is 68.2. The molecular formula is C75H146O17P2. The highest BCUT2D eigenvalue weighted by molar-refractivity contribution is 7.47. The maximum atomic E-state index is 13.1. The van der Waals surface area contributed by atoms with E-state index in [4.69, 9.17) is 37.0 Å². The Balaban J connectivity index is 5.14.